The zero-order chi connectivity index (χ0) is 13.5. The highest BCUT2D eigenvalue weighted by atomic mass is 16.5. The number of carbonyl (C=O) groups excluding carboxylic acids is 2. The molecule has 0 aromatic rings. The molecule has 3 atom stereocenters. The van der Waals surface area contributed by atoms with Crippen LogP contribution in [0, 0.1) is 0 Å². The van der Waals surface area contributed by atoms with E-state index in [9.17, 15) is 14.7 Å². The Morgan fingerprint density at radius 2 is 2.17 bits per heavy atom. The summed E-state index contributed by atoms with van der Waals surface area (Å²) in [6.45, 7) is 1.60. The molecule has 1 amide bonds. The smallest absolute Gasteiger partial charge is 0.308 e. The number of nitrogens with one attached hydrogen (secondary N) is 1. The van der Waals surface area contributed by atoms with Crippen LogP contribution < -0.4 is 5.32 Å². The average Bonchev–Trinajstić information content (AvgIpc) is 2.39. The number of methoxy groups -OCH3 is 1. The maximum absolute atomic E-state index is 11.3. The molecule has 0 aromatic heterocycles. The van der Waals surface area contributed by atoms with E-state index in [4.69, 9.17) is 4.74 Å². The van der Waals surface area contributed by atoms with Gasteiger partial charge in [0.15, 0.2) is 0 Å². The normalized spacial score (nSPS) is 27.6. The van der Waals surface area contributed by atoms with Gasteiger partial charge in [-0.05, 0) is 12.8 Å². The van der Waals surface area contributed by atoms with Crippen LogP contribution in [0.4, 0.5) is 0 Å². The summed E-state index contributed by atoms with van der Waals surface area (Å²) in [5.41, 5.74) is 0. The molecule has 6 heteroatoms. The van der Waals surface area contributed by atoms with Crippen molar-refractivity contribution in [1.29, 1.82) is 0 Å². The summed E-state index contributed by atoms with van der Waals surface area (Å²) in [6.07, 6.45) is 1.24. The Morgan fingerprint density at radius 3 is 2.72 bits per heavy atom. The maximum atomic E-state index is 11.3. The predicted molar refractivity (Wildman–Crippen MR) is 63.8 cm³/mol. The third kappa shape index (κ3) is 4.27. The van der Waals surface area contributed by atoms with E-state index >= 15 is 0 Å². The molecule has 1 heterocycles. The first-order chi connectivity index (χ1) is 8.60. The van der Waals surface area contributed by atoms with Crippen molar-refractivity contribution in [2.24, 2.45) is 0 Å². The first-order valence-corrected chi connectivity index (χ1v) is 6.23. The molecule has 0 saturated carbocycles. The Hall–Kier alpha value is -1.14. The van der Waals surface area contributed by atoms with Crippen LogP contribution in [0.15, 0.2) is 0 Å². The lowest BCUT2D eigenvalue weighted by atomic mass is 9.97. The van der Waals surface area contributed by atoms with Crippen LogP contribution in [-0.4, -0.2) is 48.9 Å². The van der Waals surface area contributed by atoms with E-state index in [1.807, 2.05) is 0 Å². The SMILES string of the molecule is CCC(=O)N[C@H]1CC[C@@H](CC(=O)OC)O[C@@H]1CO. The third-order valence-electron chi connectivity index (χ3n) is 3.09. The van der Waals surface area contributed by atoms with Crippen molar-refractivity contribution >= 4 is 11.9 Å². The minimum atomic E-state index is -0.455. The van der Waals surface area contributed by atoms with E-state index in [0.717, 1.165) is 0 Å². The number of ether oxygens (including phenoxy) is 2. The monoisotopic (exact) mass is 259 g/mol. The van der Waals surface area contributed by atoms with Crippen molar-refractivity contribution in [3.05, 3.63) is 0 Å². The lowest BCUT2D eigenvalue weighted by molar-refractivity contribution is -0.150. The van der Waals surface area contributed by atoms with E-state index in [1.165, 1.54) is 7.11 Å². The van der Waals surface area contributed by atoms with Gasteiger partial charge in [0.25, 0.3) is 0 Å². The van der Waals surface area contributed by atoms with Gasteiger partial charge in [-0.15, -0.1) is 0 Å². The van der Waals surface area contributed by atoms with Gasteiger partial charge in [0.05, 0.1) is 32.3 Å². The Bertz CT molecular complexity index is 294. The van der Waals surface area contributed by atoms with Gasteiger partial charge >= 0.3 is 5.97 Å². The lowest BCUT2D eigenvalue weighted by Crippen LogP contribution is -2.51. The topological polar surface area (TPSA) is 84.9 Å². The largest absolute Gasteiger partial charge is 0.469 e. The maximum Gasteiger partial charge on any atom is 0.308 e. The van der Waals surface area contributed by atoms with Crippen LogP contribution in [0.25, 0.3) is 0 Å². The van der Waals surface area contributed by atoms with Gasteiger partial charge in [-0.1, -0.05) is 6.92 Å². The van der Waals surface area contributed by atoms with Crippen LogP contribution in [0.3, 0.4) is 0 Å². The molecule has 1 saturated heterocycles. The van der Waals surface area contributed by atoms with Crippen LogP contribution in [0.2, 0.25) is 0 Å². The molecular weight excluding hydrogens is 238 g/mol. The fraction of sp³-hybridized carbons (Fsp3) is 0.833. The third-order valence-corrected chi connectivity index (χ3v) is 3.09. The molecule has 0 bridgehead atoms. The van der Waals surface area contributed by atoms with Gasteiger partial charge in [0, 0.05) is 6.42 Å². The van der Waals surface area contributed by atoms with E-state index in [1.54, 1.807) is 6.92 Å². The highest BCUT2D eigenvalue weighted by Gasteiger charge is 2.32. The average molecular weight is 259 g/mol. The Kier molecular flexibility index (Phi) is 6.07. The number of hydrogen-bond donors (Lipinski definition) is 2. The van der Waals surface area contributed by atoms with Crippen molar-refractivity contribution in [3.8, 4) is 0 Å². The minimum absolute atomic E-state index is 0.0616. The zero-order valence-corrected chi connectivity index (χ0v) is 10.8. The first kappa shape index (κ1) is 14.9. The van der Waals surface area contributed by atoms with Gasteiger partial charge < -0.3 is 19.9 Å². The van der Waals surface area contributed by atoms with Crippen molar-refractivity contribution in [3.63, 3.8) is 0 Å². The zero-order valence-electron chi connectivity index (χ0n) is 10.8. The fourth-order valence-corrected chi connectivity index (χ4v) is 2.03. The van der Waals surface area contributed by atoms with Gasteiger partial charge in [0.1, 0.15) is 6.10 Å². The molecule has 0 aliphatic carbocycles. The number of esters is 1. The quantitative estimate of drug-likeness (QED) is 0.678. The highest BCUT2D eigenvalue weighted by Crippen LogP contribution is 2.22. The molecule has 18 heavy (non-hydrogen) atoms. The summed E-state index contributed by atoms with van der Waals surface area (Å²) in [5, 5.41) is 12.1. The molecule has 0 aromatic carbocycles. The van der Waals surface area contributed by atoms with E-state index in [0.29, 0.717) is 19.3 Å². The van der Waals surface area contributed by atoms with Crippen LogP contribution in [0.5, 0.6) is 0 Å². The minimum Gasteiger partial charge on any atom is -0.469 e. The Morgan fingerprint density at radius 1 is 1.44 bits per heavy atom. The highest BCUT2D eigenvalue weighted by molar-refractivity contribution is 5.75. The van der Waals surface area contributed by atoms with E-state index in [-0.39, 0.29) is 37.0 Å². The van der Waals surface area contributed by atoms with E-state index in [2.05, 4.69) is 10.1 Å². The second-order valence-corrected chi connectivity index (χ2v) is 4.36. The summed E-state index contributed by atoms with van der Waals surface area (Å²) in [6, 6.07) is -0.184. The second-order valence-electron chi connectivity index (χ2n) is 4.36. The van der Waals surface area contributed by atoms with Crippen LogP contribution in [-0.2, 0) is 19.1 Å². The standard InChI is InChI=1S/C12H21NO5/c1-3-11(15)13-9-5-4-8(6-12(16)17-2)18-10(9)7-14/h8-10,14H,3-7H2,1-2H3,(H,13,15)/t8-,9-,10+/m0/s1. The molecule has 6 nitrogen and oxygen atoms in total. The van der Waals surface area contributed by atoms with Crippen molar-refractivity contribution in [2.75, 3.05) is 13.7 Å². The first-order valence-electron chi connectivity index (χ1n) is 6.23. The number of amides is 1. The predicted octanol–water partition coefficient (Wildman–Crippen LogP) is -0.0158. The molecule has 104 valence electrons. The van der Waals surface area contributed by atoms with Gasteiger partial charge in [0.2, 0.25) is 5.91 Å². The Balaban J connectivity index is 2.48. The van der Waals surface area contributed by atoms with Gasteiger partial charge in [-0.25, -0.2) is 0 Å². The van der Waals surface area contributed by atoms with Gasteiger partial charge in [-0.3, -0.25) is 9.59 Å². The number of aliphatic hydroxyl groups excluding tert-OH is 1. The molecule has 0 unspecified atom stereocenters. The summed E-state index contributed by atoms with van der Waals surface area (Å²) in [7, 11) is 1.33. The summed E-state index contributed by atoms with van der Waals surface area (Å²) < 4.78 is 10.2. The van der Waals surface area contributed by atoms with Crippen LogP contribution >= 0.6 is 0 Å². The number of aliphatic hydroxyl groups is 1. The Labute approximate surface area is 107 Å². The number of hydrogen-bond acceptors (Lipinski definition) is 5. The fourth-order valence-electron chi connectivity index (χ4n) is 2.03. The molecule has 1 aliphatic heterocycles. The van der Waals surface area contributed by atoms with Crippen molar-refractivity contribution in [2.45, 2.75) is 50.9 Å². The molecule has 1 rings (SSSR count). The molecule has 0 radical (unpaired) electrons. The van der Waals surface area contributed by atoms with E-state index < -0.39 is 6.10 Å². The molecule has 1 aliphatic rings. The summed E-state index contributed by atoms with van der Waals surface area (Å²) in [5.74, 6) is -0.388. The molecule has 1 fully saturated rings. The van der Waals surface area contributed by atoms with Crippen molar-refractivity contribution < 1.29 is 24.2 Å². The van der Waals surface area contributed by atoms with Crippen LogP contribution in [0.1, 0.15) is 32.6 Å². The van der Waals surface area contributed by atoms with Crippen molar-refractivity contribution in [1.82, 2.24) is 5.32 Å². The second kappa shape index (κ2) is 7.33. The number of rotatable bonds is 5. The summed E-state index contributed by atoms with van der Waals surface area (Å²) in [4.78, 5) is 22.5. The lowest BCUT2D eigenvalue weighted by Gasteiger charge is -2.35. The molecular formula is C12H21NO5. The van der Waals surface area contributed by atoms with Gasteiger partial charge in [-0.2, -0.15) is 0 Å². The molecule has 0 spiro atoms. The summed E-state index contributed by atoms with van der Waals surface area (Å²) >= 11 is 0. The molecule has 2 N–H and O–H groups in total. The number of carbonyl (C=O) groups is 2.